The zero-order valence-corrected chi connectivity index (χ0v) is 7.13. The van der Waals surface area contributed by atoms with E-state index in [4.69, 9.17) is 5.26 Å². The lowest BCUT2D eigenvalue weighted by Crippen LogP contribution is -1.72. The lowest BCUT2D eigenvalue weighted by atomic mass is 10.6. The summed E-state index contributed by atoms with van der Waals surface area (Å²) < 4.78 is 0. The van der Waals surface area contributed by atoms with Crippen molar-refractivity contribution in [3.05, 3.63) is 16.1 Å². The van der Waals surface area contributed by atoms with Crippen LogP contribution < -0.4 is 0 Å². The van der Waals surface area contributed by atoms with Crippen molar-refractivity contribution in [1.29, 1.82) is 5.26 Å². The third-order valence-corrected chi connectivity index (χ3v) is 2.58. The molecule has 52 valence electrons. The van der Waals surface area contributed by atoms with E-state index in [1.54, 1.807) is 18.0 Å². The summed E-state index contributed by atoms with van der Waals surface area (Å²) in [6.45, 7) is 0. The first-order chi connectivity index (χ1) is 4.86. The van der Waals surface area contributed by atoms with E-state index in [0.29, 0.717) is 4.88 Å². The summed E-state index contributed by atoms with van der Waals surface area (Å²) in [7, 11) is 0. The smallest absolute Gasteiger partial charge is 0.124 e. The van der Waals surface area contributed by atoms with Gasteiger partial charge in [0.15, 0.2) is 0 Å². The quantitative estimate of drug-likeness (QED) is 0.680. The second-order valence-corrected chi connectivity index (χ2v) is 3.64. The second-order valence-electron chi connectivity index (χ2n) is 1.66. The maximum atomic E-state index is 8.43. The molecule has 4 heteroatoms. The zero-order valence-electron chi connectivity index (χ0n) is 5.50. The molecule has 0 aliphatic rings. The van der Waals surface area contributed by atoms with Crippen LogP contribution in [0.15, 0.2) is 6.20 Å². The average molecular weight is 170 g/mol. The average Bonchev–Trinajstić information content (AvgIpc) is 2.37. The fourth-order valence-electron chi connectivity index (χ4n) is 0.552. The van der Waals surface area contributed by atoms with E-state index in [0.717, 1.165) is 10.8 Å². The van der Waals surface area contributed by atoms with Crippen molar-refractivity contribution in [3.8, 4) is 6.07 Å². The Labute approximate surface area is 67.9 Å². The predicted molar refractivity (Wildman–Crippen MR) is 44.0 cm³/mol. The van der Waals surface area contributed by atoms with Crippen LogP contribution in [0.5, 0.6) is 0 Å². The molecule has 0 atom stereocenters. The third-order valence-electron chi connectivity index (χ3n) is 0.932. The normalized spacial score (nSPS) is 9.20. The molecule has 0 unspecified atom stereocenters. The summed E-state index contributed by atoms with van der Waals surface area (Å²) in [6, 6.07) is 2.05. The van der Waals surface area contributed by atoms with Crippen LogP contribution >= 0.6 is 23.1 Å². The number of rotatable bonds is 2. The number of nitrogens with zero attached hydrogens (tertiary/aromatic N) is 2. The topological polar surface area (TPSA) is 36.7 Å². The first-order valence-electron chi connectivity index (χ1n) is 2.70. The summed E-state index contributed by atoms with van der Waals surface area (Å²) in [5, 5.41) is 9.46. The van der Waals surface area contributed by atoms with Gasteiger partial charge in [-0.1, -0.05) is 0 Å². The Morgan fingerprint density at radius 2 is 2.70 bits per heavy atom. The molecule has 0 amide bonds. The monoisotopic (exact) mass is 170 g/mol. The highest BCUT2D eigenvalue weighted by molar-refractivity contribution is 7.97. The van der Waals surface area contributed by atoms with E-state index in [1.165, 1.54) is 11.3 Å². The Kier molecular flexibility index (Phi) is 2.72. The van der Waals surface area contributed by atoms with E-state index >= 15 is 0 Å². The SMILES string of the molecule is CSCc1ncc(C#N)s1. The molecular formula is C6H6N2S2. The van der Waals surface area contributed by atoms with Crippen molar-refractivity contribution in [2.75, 3.05) is 6.26 Å². The van der Waals surface area contributed by atoms with E-state index in [-0.39, 0.29) is 0 Å². The molecule has 0 bridgehead atoms. The summed E-state index contributed by atoms with van der Waals surface area (Å²) in [4.78, 5) is 4.75. The standard InChI is InChI=1S/C6H6N2S2/c1-9-4-6-8-3-5(2-7)10-6/h3H,4H2,1H3. The maximum absolute atomic E-state index is 8.43. The number of nitriles is 1. The molecular weight excluding hydrogens is 164 g/mol. The first-order valence-corrected chi connectivity index (χ1v) is 4.91. The van der Waals surface area contributed by atoms with Gasteiger partial charge in [0.2, 0.25) is 0 Å². The Hall–Kier alpha value is -0.530. The lowest BCUT2D eigenvalue weighted by molar-refractivity contribution is 1.27. The molecule has 0 N–H and O–H groups in total. The van der Waals surface area contributed by atoms with Gasteiger partial charge >= 0.3 is 0 Å². The van der Waals surface area contributed by atoms with Crippen LogP contribution in [0.3, 0.4) is 0 Å². The predicted octanol–water partition coefficient (Wildman–Crippen LogP) is 1.88. The number of aromatic nitrogens is 1. The Morgan fingerprint density at radius 3 is 3.20 bits per heavy atom. The van der Waals surface area contributed by atoms with Gasteiger partial charge < -0.3 is 0 Å². The minimum atomic E-state index is 0.698. The van der Waals surface area contributed by atoms with Crippen LogP contribution in [0, 0.1) is 11.3 Å². The van der Waals surface area contributed by atoms with Gasteiger partial charge in [-0.05, 0) is 6.26 Å². The highest BCUT2D eigenvalue weighted by Gasteiger charge is 1.98. The molecule has 1 aromatic heterocycles. The van der Waals surface area contributed by atoms with Crippen molar-refractivity contribution in [3.63, 3.8) is 0 Å². The Balaban J connectivity index is 2.71. The van der Waals surface area contributed by atoms with E-state index in [9.17, 15) is 0 Å². The molecule has 10 heavy (non-hydrogen) atoms. The number of hydrogen-bond donors (Lipinski definition) is 0. The fraction of sp³-hybridized carbons (Fsp3) is 0.333. The maximum Gasteiger partial charge on any atom is 0.124 e. The van der Waals surface area contributed by atoms with Gasteiger partial charge in [-0.3, -0.25) is 0 Å². The number of thioether (sulfide) groups is 1. The number of thiazole rings is 1. The van der Waals surface area contributed by atoms with Gasteiger partial charge in [-0.15, -0.1) is 11.3 Å². The van der Waals surface area contributed by atoms with E-state index < -0.39 is 0 Å². The second kappa shape index (κ2) is 3.59. The van der Waals surface area contributed by atoms with E-state index in [1.807, 2.05) is 6.26 Å². The molecule has 0 fully saturated rings. The molecule has 0 aliphatic heterocycles. The van der Waals surface area contributed by atoms with Crippen molar-refractivity contribution in [1.82, 2.24) is 4.98 Å². The summed E-state index contributed by atoms with van der Waals surface area (Å²) in [5.41, 5.74) is 0. The first kappa shape index (κ1) is 7.58. The van der Waals surface area contributed by atoms with Crippen LogP contribution in [-0.4, -0.2) is 11.2 Å². The van der Waals surface area contributed by atoms with E-state index in [2.05, 4.69) is 11.1 Å². The molecule has 2 nitrogen and oxygen atoms in total. The van der Waals surface area contributed by atoms with Crippen molar-refractivity contribution in [2.45, 2.75) is 5.75 Å². The molecule has 1 heterocycles. The highest BCUT2D eigenvalue weighted by atomic mass is 32.2. The zero-order chi connectivity index (χ0) is 7.40. The molecule has 0 radical (unpaired) electrons. The molecule has 0 saturated heterocycles. The Morgan fingerprint density at radius 1 is 1.90 bits per heavy atom. The summed E-state index contributed by atoms with van der Waals surface area (Å²) >= 11 is 3.18. The van der Waals surface area contributed by atoms with Crippen LogP contribution in [0.2, 0.25) is 0 Å². The minimum absolute atomic E-state index is 0.698. The minimum Gasteiger partial charge on any atom is -0.247 e. The largest absolute Gasteiger partial charge is 0.247 e. The molecule has 1 aromatic rings. The van der Waals surface area contributed by atoms with Crippen LogP contribution in [0.25, 0.3) is 0 Å². The third kappa shape index (κ3) is 1.72. The number of hydrogen-bond acceptors (Lipinski definition) is 4. The molecule has 1 rings (SSSR count). The van der Waals surface area contributed by atoms with Crippen molar-refractivity contribution in [2.24, 2.45) is 0 Å². The van der Waals surface area contributed by atoms with Crippen LogP contribution in [-0.2, 0) is 5.75 Å². The highest BCUT2D eigenvalue weighted by Crippen LogP contribution is 2.15. The lowest BCUT2D eigenvalue weighted by Gasteiger charge is -1.84. The molecule has 0 aromatic carbocycles. The summed E-state index contributed by atoms with van der Waals surface area (Å²) in [5.74, 6) is 0.909. The van der Waals surface area contributed by atoms with Gasteiger partial charge in [-0.2, -0.15) is 17.0 Å². The molecule has 0 saturated carbocycles. The summed E-state index contributed by atoms with van der Waals surface area (Å²) in [6.07, 6.45) is 3.64. The van der Waals surface area contributed by atoms with Gasteiger partial charge in [-0.25, -0.2) is 4.98 Å². The van der Waals surface area contributed by atoms with Crippen LogP contribution in [0.1, 0.15) is 9.88 Å². The van der Waals surface area contributed by atoms with Gasteiger partial charge in [0, 0.05) is 5.75 Å². The Bertz CT molecular complexity index is 248. The molecule has 0 spiro atoms. The van der Waals surface area contributed by atoms with Crippen molar-refractivity contribution < 1.29 is 0 Å². The van der Waals surface area contributed by atoms with Gasteiger partial charge in [0.1, 0.15) is 16.0 Å². The van der Waals surface area contributed by atoms with Crippen molar-refractivity contribution >= 4 is 23.1 Å². The van der Waals surface area contributed by atoms with Gasteiger partial charge in [0.05, 0.1) is 6.20 Å². The van der Waals surface area contributed by atoms with Gasteiger partial charge in [0.25, 0.3) is 0 Å². The molecule has 0 aliphatic carbocycles. The van der Waals surface area contributed by atoms with Crippen LogP contribution in [0.4, 0.5) is 0 Å². The fourth-order valence-corrected chi connectivity index (χ4v) is 1.97.